The molecule has 0 atom stereocenters. The number of aromatic nitrogens is 2. The van der Waals surface area contributed by atoms with Crippen molar-refractivity contribution >= 4 is 23.5 Å². The first-order chi connectivity index (χ1) is 9.37. The van der Waals surface area contributed by atoms with Gasteiger partial charge in [-0.05, 0) is 27.7 Å². The molecular weight excluding hydrogens is 258 g/mol. The third-order valence-electron chi connectivity index (χ3n) is 3.44. The Bertz CT molecular complexity index is 556. The maximum atomic E-state index is 12.0. The number of amides is 2. The molecule has 0 unspecified atom stereocenters. The number of hydrogen-bond acceptors (Lipinski definition) is 6. The van der Waals surface area contributed by atoms with E-state index in [-0.39, 0.29) is 18.4 Å². The predicted molar refractivity (Wildman–Crippen MR) is 75.5 cm³/mol. The van der Waals surface area contributed by atoms with Gasteiger partial charge in [0.05, 0.1) is 6.54 Å². The lowest BCUT2D eigenvalue weighted by molar-refractivity contribution is -0.135. The Kier molecular flexibility index (Phi) is 3.61. The van der Waals surface area contributed by atoms with Crippen molar-refractivity contribution in [2.24, 2.45) is 0 Å². The summed E-state index contributed by atoms with van der Waals surface area (Å²) < 4.78 is 0. The number of piperazine rings is 1. The number of nitrogens with one attached hydrogen (secondary N) is 2. The van der Waals surface area contributed by atoms with Crippen molar-refractivity contribution < 1.29 is 9.59 Å². The van der Waals surface area contributed by atoms with E-state index in [0.29, 0.717) is 11.6 Å². The summed E-state index contributed by atoms with van der Waals surface area (Å²) in [6, 6.07) is 0. The van der Waals surface area contributed by atoms with E-state index in [9.17, 15) is 9.59 Å². The molecule has 108 valence electrons. The molecule has 2 N–H and O–H groups in total. The number of imide groups is 1. The minimum absolute atomic E-state index is 0.0994. The maximum absolute atomic E-state index is 12.0. The third-order valence-corrected chi connectivity index (χ3v) is 3.44. The largest absolute Gasteiger partial charge is 0.370 e. The fourth-order valence-corrected chi connectivity index (χ4v) is 2.18. The zero-order valence-electron chi connectivity index (χ0n) is 12.1. The molecular formula is C13H19N5O2. The summed E-state index contributed by atoms with van der Waals surface area (Å²) in [6.07, 6.45) is 1.44. The number of rotatable bonds is 3. The van der Waals surface area contributed by atoms with Crippen LogP contribution in [0.25, 0.3) is 0 Å². The monoisotopic (exact) mass is 277 g/mol. The molecule has 0 saturated carbocycles. The van der Waals surface area contributed by atoms with Crippen molar-refractivity contribution in [1.82, 2.24) is 15.3 Å². The standard InChI is InChI=1S/C13H19N5O2/c1-5-14-10-8(2)11(16-7-15-10)18-6-9(19)17-12(20)13(18,3)4/h7H,5-6H2,1-4H3,(H,14,15,16)(H,17,19,20). The van der Waals surface area contributed by atoms with Gasteiger partial charge in [0.15, 0.2) is 0 Å². The summed E-state index contributed by atoms with van der Waals surface area (Å²) >= 11 is 0. The predicted octanol–water partition coefficient (Wildman–Crippen LogP) is 0.458. The summed E-state index contributed by atoms with van der Waals surface area (Å²) in [5, 5.41) is 5.49. The van der Waals surface area contributed by atoms with Gasteiger partial charge in [0.2, 0.25) is 5.91 Å². The highest BCUT2D eigenvalue weighted by Gasteiger charge is 2.42. The second-order valence-corrected chi connectivity index (χ2v) is 5.22. The van der Waals surface area contributed by atoms with Crippen molar-refractivity contribution in [2.45, 2.75) is 33.2 Å². The Balaban J connectivity index is 2.46. The highest BCUT2D eigenvalue weighted by Crippen LogP contribution is 2.29. The Labute approximate surface area is 117 Å². The van der Waals surface area contributed by atoms with E-state index >= 15 is 0 Å². The van der Waals surface area contributed by atoms with Gasteiger partial charge in [-0.1, -0.05) is 0 Å². The van der Waals surface area contributed by atoms with Gasteiger partial charge >= 0.3 is 0 Å². The molecule has 0 spiro atoms. The van der Waals surface area contributed by atoms with Crippen LogP contribution in [0.5, 0.6) is 0 Å². The fourth-order valence-electron chi connectivity index (χ4n) is 2.18. The van der Waals surface area contributed by atoms with Gasteiger partial charge in [-0.15, -0.1) is 0 Å². The lowest BCUT2D eigenvalue weighted by Crippen LogP contribution is -2.64. The number of carbonyl (C=O) groups excluding carboxylic acids is 2. The lowest BCUT2D eigenvalue weighted by atomic mass is 9.98. The van der Waals surface area contributed by atoms with Crippen molar-refractivity contribution in [1.29, 1.82) is 0 Å². The SMILES string of the molecule is CCNc1ncnc(N2CC(=O)NC(=O)C2(C)C)c1C. The molecule has 1 fully saturated rings. The second kappa shape index (κ2) is 5.07. The van der Waals surface area contributed by atoms with Crippen LogP contribution in [0.4, 0.5) is 11.6 Å². The summed E-state index contributed by atoms with van der Waals surface area (Å²) in [7, 11) is 0. The smallest absolute Gasteiger partial charge is 0.251 e. The van der Waals surface area contributed by atoms with Crippen LogP contribution in [0, 0.1) is 6.92 Å². The molecule has 2 amide bonds. The molecule has 0 bridgehead atoms. The molecule has 0 radical (unpaired) electrons. The maximum Gasteiger partial charge on any atom is 0.251 e. The van der Waals surface area contributed by atoms with Gasteiger partial charge in [0.1, 0.15) is 23.5 Å². The van der Waals surface area contributed by atoms with Crippen LogP contribution in [0.1, 0.15) is 26.3 Å². The second-order valence-electron chi connectivity index (χ2n) is 5.22. The van der Waals surface area contributed by atoms with Gasteiger partial charge in [0, 0.05) is 12.1 Å². The van der Waals surface area contributed by atoms with Gasteiger partial charge in [-0.3, -0.25) is 14.9 Å². The number of nitrogens with zero attached hydrogens (tertiary/aromatic N) is 3. The molecule has 0 aliphatic carbocycles. The highest BCUT2D eigenvalue weighted by molar-refractivity contribution is 6.06. The zero-order valence-corrected chi connectivity index (χ0v) is 12.1. The van der Waals surface area contributed by atoms with E-state index in [1.807, 2.05) is 13.8 Å². The van der Waals surface area contributed by atoms with Crippen molar-refractivity contribution in [2.75, 3.05) is 23.3 Å². The van der Waals surface area contributed by atoms with E-state index in [2.05, 4.69) is 20.6 Å². The van der Waals surface area contributed by atoms with Crippen LogP contribution in [-0.4, -0.2) is 40.4 Å². The van der Waals surface area contributed by atoms with Crippen LogP contribution in [0.2, 0.25) is 0 Å². The minimum Gasteiger partial charge on any atom is -0.370 e. The van der Waals surface area contributed by atoms with E-state index in [1.165, 1.54) is 6.33 Å². The first kappa shape index (κ1) is 14.2. The normalized spacial score (nSPS) is 17.9. The van der Waals surface area contributed by atoms with Gasteiger partial charge in [-0.2, -0.15) is 0 Å². The van der Waals surface area contributed by atoms with Crippen LogP contribution in [0.3, 0.4) is 0 Å². The minimum atomic E-state index is -0.837. The molecule has 20 heavy (non-hydrogen) atoms. The van der Waals surface area contributed by atoms with Gasteiger partial charge in [-0.25, -0.2) is 9.97 Å². The molecule has 1 saturated heterocycles. The number of carbonyl (C=O) groups is 2. The molecule has 1 aliphatic heterocycles. The van der Waals surface area contributed by atoms with E-state index in [4.69, 9.17) is 0 Å². The zero-order chi connectivity index (χ0) is 14.9. The van der Waals surface area contributed by atoms with Crippen LogP contribution in [0.15, 0.2) is 6.33 Å². The molecule has 7 heteroatoms. The van der Waals surface area contributed by atoms with E-state index < -0.39 is 5.54 Å². The Morgan fingerprint density at radius 1 is 1.40 bits per heavy atom. The van der Waals surface area contributed by atoms with E-state index in [1.54, 1.807) is 18.7 Å². The van der Waals surface area contributed by atoms with Crippen LogP contribution in [-0.2, 0) is 9.59 Å². The molecule has 2 rings (SSSR count). The molecule has 1 aliphatic rings. The molecule has 1 aromatic rings. The number of anilines is 2. The van der Waals surface area contributed by atoms with Crippen LogP contribution < -0.4 is 15.5 Å². The van der Waals surface area contributed by atoms with Gasteiger partial charge < -0.3 is 10.2 Å². The summed E-state index contributed by atoms with van der Waals surface area (Å²) in [5.41, 5.74) is -0.0128. The lowest BCUT2D eigenvalue weighted by Gasteiger charge is -2.41. The Hall–Kier alpha value is -2.18. The Morgan fingerprint density at radius 2 is 2.10 bits per heavy atom. The first-order valence-corrected chi connectivity index (χ1v) is 6.55. The molecule has 0 aromatic carbocycles. The Morgan fingerprint density at radius 3 is 2.75 bits per heavy atom. The van der Waals surface area contributed by atoms with Gasteiger partial charge in [0.25, 0.3) is 5.91 Å². The average molecular weight is 277 g/mol. The van der Waals surface area contributed by atoms with Crippen molar-refractivity contribution in [3.63, 3.8) is 0 Å². The summed E-state index contributed by atoms with van der Waals surface area (Å²) in [6.45, 7) is 8.22. The van der Waals surface area contributed by atoms with Crippen LogP contribution >= 0.6 is 0 Å². The molecule has 7 nitrogen and oxygen atoms in total. The third kappa shape index (κ3) is 2.31. The first-order valence-electron chi connectivity index (χ1n) is 6.55. The summed E-state index contributed by atoms with van der Waals surface area (Å²) in [5.74, 6) is 0.671. The number of hydrogen-bond donors (Lipinski definition) is 2. The molecule has 1 aromatic heterocycles. The van der Waals surface area contributed by atoms with Crippen molar-refractivity contribution in [3.8, 4) is 0 Å². The highest BCUT2D eigenvalue weighted by atomic mass is 16.2. The molecule has 2 heterocycles. The summed E-state index contributed by atoms with van der Waals surface area (Å²) in [4.78, 5) is 33.8. The average Bonchev–Trinajstić information content (AvgIpc) is 2.37. The fraction of sp³-hybridized carbons (Fsp3) is 0.538. The quantitative estimate of drug-likeness (QED) is 0.780. The topological polar surface area (TPSA) is 87.2 Å². The van der Waals surface area contributed by atoms with Crippen molar-refractivity contribution in [3.05, 3.63) is 11.9 Å². The van der Waals surface area contributed by atoms with E-state index in [0.717, 1.165) is 12.1 Å².